The molecule has 26 heavy (non-hydrogen) atoms. The van der Waals surface area contributed by atoms with E-state index < -0.39 is 0 Å². The zero-order valence-corrected chi connectivity index (χ0v) is 15.8. The maximum atomic E-state index is 6.05. The quantitative estimate of drug-likeness (QED) is 0.590. The van der Waals surface area contributed by atoms with E-state index >= 15 is 0 Å². The van der Waals surface area contributed by atoms with Crippen LogP contribution >= 0.6 is 0 Å². The molecule has 2 aromatic rings. The Morgan fingerprint density at radius 3 is 2.50 bits per heavy atom. The molecule has 1 fully saturated rings. The van der Waals surface area contributed by atoms with Crippen molar-refractivity contribution < 1.29 is 4.74 Å². The van der Waals surface area contributed by atoms with Crippen LogP contribution in [0.5, 0.6) is 5.75 Å². The molecule has 4 nitrogen and oxygen atoms in total. The number of rotatable bonds is 7. The second-order valence-corrected chi connectivity index (χ2v) is 7.33. The van der Waals surface area contributed by atoms with Crippen LogP contribution in [0.4, 0.5) is 5.69 Å². The van der Waals surface area contributed by atoms with Crippen LogP contribution < -0.4 is 10.2 Å². The molecule has 2 atom stereocenters. The minimum absolute atomic E-state index is 0.705. The molecule has 1 aliphatic rings. The van der Waals surface area contributed by atoms with Crippen molar-refractivity contribution in [3.8, 4) is 5.75 Å². The molecular weight excluding hydrogens is 322 g/mol. The molecule has 1 saturated heterocycles. The molecule has 4 heteroatoms. The van der Waals surface area contributed by atoms with Gasteiger partial charge >= 0.3 is 0 Å². The van der Waals surface area contributed by atoms with E-state index in [9.17, 15) is 0 Å². The number of ether oxygens (including phenoxy) is 1. The third-order valence-electron chi connectivity index (χ3n) is 4.70. The van der Waals surface area contributed by atoms with E-state index in [0.717, 1.165) is 35.4 Å². The second kappa shape index (κ2) is 9.39. The lowest BCUT2D eigenvalue weighted by atomic mass is 9.92. The fraction of sp³-hybridized carbons (Fsp3) is 0.409. The van der Waals surface area contributed by atoms with Gasteiger partial charge in [0.05, 0.1) is 11.9 Å². The van der Waals surface area contributed by atoms with Gasteiger partial charge in [0.15, 0.2) is 0 Å². The minimum Gasteiger partial charge on any atom is -0.492 e. The van der Waals surface area contributed by atoms with Crippen LogP contribution in [-0.4, -0.2) is 37.4 Å². The first kappa shape index (κ1) is 18.5. The summed E-state index contributed by atoms with van der Waals surface area (Å²) in [6, 6.07) is 18.0. The number of nitrogens with zero attached hydrogens (tertiary/aromatic N) is 2. The van der Waals surface area contributed by atoms with Crippen LogP contribution in [0.1, 0.15) is 25.8 Å². The number of hydrogen-bond donors (Lipinski definition) is 1. The van der Waals surface area contributed by atoms with E-state index in [1.807, 2.05) is 60.8 Å². The Labute approximate surface area is 156 Å². The molecule has 0 radical (unpaired) electrons. The van der Waals surface area contributed by atoms with Gasteiger partial charge in [0.25, 0.3) is 0 Å². The molecule has 1 N–H and O–H groups in total. The molecule has 0 saturated carbocycles. The zero-order chi connectivity index (χ0) is 18.2. The summed E-state index contributed by atoms with van der Waals surface area (Å²) in [5.41, 5.74) is 4.99. The van der Waals surface area contributed by atoms with Crippen LogP contribution in [-0.2, 0) is 0 Å². The van der Waals surface area contributed by atoms with Gasteiger partial charge in [-0.2, -0.15) is 5.10 Å². The van der Waals surface area contributed by atoms with Gasteiger partial charge in [-0.25, -0.2) is 0 Å². The lowest BCUT2D eigenvalue weighted by molar-refractivity contribution is 0.120. The summed E-state index contributed by atoms with van der Waals surface area (Å²) in [5.74, 6) is 2.44. The van der Waals surface area contributed by atoms with Gasteiger partial charge < -0.3 is 4.74 Å². The lowest BCUT2D eigenvalue weighted by Crippen LogP contribution is -2.40. The highest BCUT2D eigenvalue weighted by Crippen LogP contribution is 2.21. The van der Waals surface area contributed by atoms with Gasteiger partial charge in [-0.15, -0.1) is 0 Å². The van der Waals surface area contributed by atoms with E-state index in [2.05, 4.69) is 29.3 Å². The molecule has 2 aromatic carbocycles. The molecule has 0 bridgehead atoms. The predicted molar refractivity (Wildman–Crippen MR) is 109 cm³/mol. The highest BCUT2D eigenvalue weighted by molar-refractivity contribution is 5.83. The number of nitrogens with one attached hydrogen (secondary N) is 1. The van der Waals surface area contributed by atoms with E-state index in [1.165, 1.54) is 19.5 Å². The third-order valence-corrected chi connectivity index (χ3v) is 4.70. The summed E-state index contributed by atoms with van der Waals surface area (Å²) >= 11 is 0. The number of para-hydroxylation sites is 2. The normalized spacial score (nSPS) is 21.0. The maximum Gasteiger partial charge on any atom is 0.128 e. The molecule has 0 spiro atoms. The summed E-state index contributed by atoms with van der Waals surface area (Å²) in [7, 11) is 0. The number of piperidine rings is 1. The first-order valence-electron chi connectivity index (χ1n) is 9.49. The second-order valence-electron chi connectivity index (χ2n) is 7.33. The highest BCUT2D eigenvalue weighted by Gasteiger charge is 2.21. The Hall–Kier alpha value is -2.33. The molecule has 0 aliphatic carbocycles. The van der Waals surface area contributed by atoms with Crippen molar-refractivity contribution in [2.24, 2.45) is 16.9 Å². The van der Waals surface area contributed by atoms with Gasteiger partial charge in [0.2, 0.25) is 0 Å². The molecule has 3 rings (SSSR count). The van der Waals surface area contributed by atoms with E-state index in [4.69, 9.17) is 4.74 Å². The zero-order valence-electron chi connectivity index (χ0n) is 15.8. The molecule has 2 unspecified atom stereocenters. The van der Waals surface area contributed by atoms with Gasteiger partial charge in [-0.05, 0) is 42.5 Å². The van der Waals surface area contributed by atoms with Gasteiger partial charge in [0.1, 0.15) is 12.4 Å². The van der Waals surface area contributed by atoms with Crippen molar-refractivity contribution in [3.05, 3.63) is 60.2 Å². The predicted octanol–water partition coefficient (Wildman–Crippen LogP) is 4.49. The highest BCUT2D eigenvalue weighted by atomic mass is 16.5. The van der Waals surface area contributed by atoms with Gasteiger partial charge in [-0.1, -0.05) is 44.2 Å². The molecule has 1 heterocycles. The summed E-state index contributed by atoms with van der Waals surface area (Å²) in [5, 5.41) is 4.32. The lowest BCUT2D eigenvalue weighted by Gasteiger charge is -2.34. The van der Waals surface area contributed by atoms with Gasteiger partial charge in [-0.3, -0.25) is 10.3 Å². The number of likely N-dealkylation sites (tertiary alicyclic amines) is 1. The van der Waals surface area contributed by atoms with Crippen molar-refractivity contribution in [1.82, 2.24) is 4.90 Å². The Bertz CT molecular complexity index is 692. The average Bonchev–Trinajstić information content (AvgIpc) is 2.63. The van der Waals surface area contributed by atoms with E-state index in [1.54, 1.807) is 0 Å². The Morgan fingerprint density at radius 2 is 1.73 bits per heavy atom. The van der Waals surface area contributed by atoms with Gasteiger partial charge in [0, 0.05) is 25.2 Å². The van der Waals surface area contributed by atoms with E-state index in [0.29, 0.717) is 6.61 Å². The van der Waals surface area contributed by atoms with Crippen molar-refractivity contribution in [2.45, 2.75) is 20.3 Å². The van der Waals surface area contributed by atoms with E-state index in [-0.39, 0.29) is 0 Å². The Morgan fingerprint density at radius 1 is 1.04 bits per heavy atom. The standard InChI is InChI=1S/C22H29N3O/c1-18-14-19(2)17-25(16-18)12-13-26-22-11-7-6-8-20(22)15-23-24-21-9-4-3-5-10-21/h3-11,15,18-19,24H,12-14,16-17H2,1-2H3. The SMILES string of the molecule is CC1CC(C)CN(CCOc2ccccc2C=NNc2ccccc2)C1. The topological polar surface area (TPSA) is 36.9 Å². The minimum atomic E-state index is 0.705. The summed E-state index contributed by atoms with van der Waals surface area (Å²) in [4.78, 5) is 2.52. The third kappa shape index (κ3) is 5.60. The monoisotopic (exact) mass is 351 g/mol. The summed E-state index contributed by atoms with van der Waals surface area (Å²) < 4.78 is 6.05. The number of benzene rings is 2. The fourth-order valence-corrected chi connectivity index (χ4v) is 3.67. The summed E-state index contributed by atoms with van der Waals surface area (Å²) in [6.45, 7) is 8.72. The van der Waals surface area contributed by atoms with Crippen LogP contribution in [0.3, 0.4) is 0 Å². The first-order chi connectivity index (χ1) is 12.7. The number of hydrazone groups is 1. The number of hydrogen-bond acceptors (Lipinski definition) is 4. The Kier molecular flexibility index (Phi) is 6.67. The average molecular weight is 351 g/mol. The molecule has 0 amide bonds. The largest absolute Gasteiger partial charge is 0.492 e. The number of anilines is 1. The summed E-state index contributed by atoms with van der Waals surface area (Å²) in [6.07, 6.45) is 3.15. The molecule has 0 aromatic heterocycles. The van der Waals surface area contributed by atoms with Crippen molar-refractivity contribution in [1.29, 1.82) is 0 Å². The fourth-order valence-electron chi connectivity index (χ4n) is 3.67. The smallest absolute Gasteiger partial charge is 0.128 e. The molecule has 1 aliphatic heterocycles. The van der Waals surface area contributed by atoms with Crippen molar-refractivity contribution in [2.75, 3.05) is 31.7 Å². The van der Waals surface area contributed by atoms with Crippen molar-refractivity contribution >= 4 is 11.9 Å². The first-order valence-corrected chi connectivity index (χ1v) is 9.49. The van der Waals surface area contributed by atoms with Crippen LogP contribution in [0.25, 0.3) is 0 Å². The van der Waals surface area contributed by atoms with Crippen molar-refractivity contribution in [3.63, 3.8) is 0 Å². The van der Waals surface area contributed by atoms with Crippen LogP contribution in [0.2, 0.25) is 0 Å². The van der Waals surface area contributed by atoms with Crippen LogP contribution in [0.15, 0.2) is 59.7 Å². The van der Waals surface area contributed by atoms with Crippen LogP contribution in [0, 0.1) is 11.8 Å². The molecular formula is C22H29N3O. The maximum absolute atomic E-state index is 6.05. The Balaban J connectivity index is 1.52. The molecule has 138 valence electrons.